The summed E-state index contributed by atoms with van der Waals surface area (Å²) >= 11 is 0. The number of rotatable bonds is 5. The van der Waals surface area contributed by atoms with Crippen molar-refractivity contribution >= 4 is 12.4 Å². The maximum absolute atomic E-state index is 6.08. The molecule has 1 aromatic rings. The molecule has 0 bridgehead atoms. The summed E-state index contributed by atoms with van der Waals surface area (Å²) in [4.78, 5) is 0. The molecule has 4 heteroatoms. The van der Waals surface area contributed by atoms with Crippen LogP contribution in [-0.2, 0) is 0 Å². The maximum atomic E-state index is 6.08. The van der Waals surface area contributed by atoms with E-state index in [4.69, 9.17) is 15.2 Å². The third-order valence-electron chi connectivity index (χ3n) is 2.48. The Hall–Kier alpha value is -1.19. The molecule has 3 nitrogen and oxygen atoms in total. The van der Waals surface area contributed by atoms with Gasteiger partial charge in [-0.2, -0.15) is 0 Å². The molecule has 1 rings (SSSR count). The normalized spacial score (nSPS) is 11.3. The molecule has 2 N–H and O–H groups in total. The van der Waals surface area contributed by atoms with Gasteiger partial charge >= 0.3 is 0 Å². The Morgan fingerprint density at radius 2 is 1.76 bits per heavy atom. The van der Waals surface area contributed by atoms with E-state index in [0.29, 0.717) is 6.42 Å². The number of aryl methyl sites for hydroxylation is 1. The second-order valence-electron chi connectivity index (χ2n) is 3.71. The molecule has 0 heterocycles. The van der Waals surface area contributed by atoms with E-state index in [1.54, 1.807) is 20.3 Å². The average molecular weight is 258 g/mol. The van der Waals surface area contributed by atoms with Crippen molar-refractivity contribution in [2.45, 2.75) is 19.4 Å². The van der Waals surface area contributed by atoms with Gasteiger partial charge in [0.1, 0.15) is 11.5 Å². The predicted octanol–water partition coefficient (Wildman–Crippen LogP) is 3.01. The summed E-state index contributed by atoms with van der Waals surface area (Å²) in [5.74, 6) is 1.54. The summed E-state index contributed by atoms with van der Waals surface area (Å²) in [5, 5.41) is 0. The lowest BCUT2D eigenvalue weighted by Gasteiger charge is -2.18. The third kappa shape index (κ3) is 3.65. The smallest absolute Gasteiger partial charge is 0.127 e. The molecule has 0 aliphatic heterocycles. The first-order chi connectivity index (χ1) is 7.63. The molecule has 0 saturated carbocycles. The Morgan fingerprint density at radius 3 is 2.12 bits per heavy atom. The van der Waals surface area contributed by atoms with E-state index in [-0.39, 0.29) is 18.4 Å². The number of ether oxygens (including phenoxy) is 2. The molecule has 0 saturated heterocycles. The minimum absolute atomic E-state index is 0. The highest BCUT2D eigenvalue weighted by molar-refractivity contribution is 5.85. The number of hydrogen-bond donors (Lipinski definition) is 1. The zero-order valence-corrected chi connectivity index (χ0v) is 11.3. The molecule has 96 valence electrons. The van der Waals surface area contributed by atoms with Gasteiger partial charge in [-0.1, -0.05) is 6.08 Å². The van der Waals surface area contributed by atoms with E-state index in [0.717, 1.165) is 22.6 Å². The van der Waals surface area contributed by atoms with Gasteiger partial charge in [-0.3, -0.25) is 0 Å². The predicted molar refractivity (Wildman–Crippen MR) is 73.3 cm³/mol. The summed E-state index contributed by atoms with van der Waals surface area (Å²) < 4.78 is 10.7. The highest BCUT2D eigenvalue weighted by Gasteiger charge is 2.17. The monoisotopic (exact) mass is 257 g/mol. The van der Waals surface area contributed by atoms with Gasteiger partial charge in [-0.25, -0.2) is 0 Å². The summed E-state index contributed by atoms with van der Waals surface area (Å²) in [6, 6.07) is 3.77. The van der Waals surface area contributed by atoms with Crippen LogP contribution in [0.4, 0.5) is 0 Å². The minimum atomic E-state index is -0.150. The van der Waals surface area contributed by atoms with E-state index in [2.05, 4.69) is 6.58 Å². The first-order valence-electron chi connectivity index (χ1n) is 5.23. The molecule has 0 unspecified atom stereocenters. The summed E-state index contributed by atoms with van der Waals surface area (Å²) in [5.41, 5.74) is 8.06. The molecule has 1 aromatic carbocycles. The minimum Gasteiger partial charge on any atom is -0.496 e. The van der Waals surface area contributed by atoms with Crippen LogP contribution in [0.15, 0.2) is 24.8 Å². The largest absolute Gasteiger partial charge is 0.496 e. The lowest BCUT2D eigenvalue weighted by atomic mass is 10.0. The fourth-order valence-electron chi connectivity index (χ4n) is 1.73. The molecule has 0 amide bonds. The Kier molecular flexibility index (Phi) is 6.69. The van der Waals surface area contributed by atoms with Crippen LogP contribution in [0, 0.1) is 6.92 Å². The number of hydrogen-bond acceptors (Lipinski definition) is 3. The molecule has 0 fully saturated rings. The molecular weight excluding hydrogens is 238 g/mol. The fourth-order valence-corrected chi connectivity index (χ4v) is 1.73. The van der Waals surface area contributed by atoms with Gasteiger partial charge < -0.3 is 15.2 Å². The van der Waals surface area contributed by atoms with Crippen molar-refractivity contribution in [3.05, 3.63) is 35.9 Å². The van der Waals surface area contributed by atoms with Crippen LogP contribution >= 0.6 is 12.4 Å². The zero-order valence-electron chi connectivity index (χ0n) is 10.5. The van der Waals surface area contributed by atoms with Crippen molar-refractivity contribution < 1.29 is 9.47 Å². The Balaban J connectivity index is 0.00000256. The van der Waals surface area contributed by atoms with Crippen LogP contribution in [0.25, 0.3) is 0 Å². The van der Waals surface area contributed by atoms with Crippen LogP contribution in [0.2, 0.25) is 0 Å². The summed E-state index contributed by atoms with van der Waals surface area (Å²) in [7, 11) is 3.27. The van der Waals surface area contributed by atoms with Gasteiger partial charge in [0.05, 0.1) is 19.8 Å². The first kappa shape index (κ1) is 15.8. The lowest BCUT2D eigenvalue weighted by molar-refractivity contribution is 0.378. The van der Waals surface area contributed by atoms with Crippen LogP contribution in [0.1, 0.15) is 23.6 Å². The highest BCUT2D eigenvalue weighted by Crippen LogP contribution is 2.35. The van der Waals surface area contributed by atoms with E-state index in [9.17, 15) is 0 Å². The van der Waals surface area contributed by atoms with Gasteiger partial charge in [-0.15, -0.1) is 19.0 Å². The van der Waals surface area contributed by atoms with Crippen molar-refractivity contribution in [2.75, 3.05) is 14.2 Å². The van der Waals surface area contributed by atoms with Gasteiger partial charge in [0.25, 0.3) is 0 Å². The highest BCUT2D eigenvalue weighted by atomic mass is 35.5. The van der Waals surface area contributed by atoms with Gasteiger partial charge in [0, 0.05) is 6.04 Å². The number of benzene rings is 1. The van der Waals surface area contributed by atoms with E-state index < -0.39 is 0 Å². The number of methoxy groups -OCH3 is 2. The molecule has 0 aliphatic carbocycles. The SMILES string of the molecule is C=CC[C@H](N)c1c(OC)cc(C)cc1OC.Cl. The first-order valence-corrected chi connectivity index (χ1v) is 5.23. The van der Waals surface area contributed by atoms with E-state index >= 15 is 0 Å². The van der Waals surface area contributed by atoms with Gasteiger partial charge in [-0.05, 0) is 31.0 Å². The lowest BCUT2D eigenvalue weighted by Crippen LogP contribution is -2.12. The Bertz CT molecular complexity index is 355. The summed E-state index contributed by atoms with van der Waals surface area (Å²) in [6.45, 7) is 5.69. The Morgan fingerprint density at radius 1 is 1.29 bits per heavy atom. The number of nitrogens with two attached hydrogens (primary N) is 1. The topological polar surface area (TPSA) is 44.5 Å². The summed E-state index contributed by atoms with van der Waals surface area (Å²) in [6.07, 6.45) is 2.49. The third-order valence-corrected chi connectivity index (χ3v) is 2.48. The van der Waals surface area contributed by atoms with Crippen LogP contribution in [0.3, 0.4) is 0 Å². The average Bonchev–Trinajstić information content (AvgIpc) is 2.27. The van der Waals surface area contributed by atoms with Crippen molar-refractivity contribution in [3.63, 3.8) is 0 Å². The maximum Gasteiger partial charge on any atom is 0.127 e. The van der Waals surface area contributed by atoms with E-state index in [1.807, 2.05) is 19.1 Å². The van der Waals surface area contributed by atoms with Gasteiger partial charge in [0.15, 0.2) is 0 Å². The van der Waals surface area contributed by atoms with Crippen LogP contribution in [0.5, 0.6) is 11.5 Å². The molecular formula is C13H20ClNO2. The van der Waals surface area contributed by atoms with Crippen LogP contribution in [-0.4, -0.2) is 14.2 Å². The quantitative estimate of drug-likeness (QED) is 0.825. The van der Waals surface area contributed by atoms with Crippen molar-refractivity contribution in [1.29, 1.82) is 0 Å². The van der Waals surface area contributed by atoms with Gasteiger partial charge in [0.2, 0.25) is 0 Å². The second kappa shape index (κ2) is 7.20. The number of halogens is 1. The van der Waals surface area contributed by atoms with E-state index in [1.165, 1.54) is 0 Å². The van der Waals surface area contributed by atoms with Crippen molar-refractivity contribution in [1.82, 2.24) is 0 Å². The molecule has 0 spiro atoms. The van der Waals surface area contributed by atoms with Crippen molar-refractivity contribution in [2.24, 2.45) is 5.73 Å². The second-order valence-corrected chi connectivity index (χ2v) is 3.71. The van der Waals surface area contributed by atoms with Crippen LogP contribution < -0.4 is 15.2 Å². The Labute approximate surface area is 109 Å². The molecule has 0 aliphatic rings. The molecule has 0 aromatic heterocycles. The fraction of sp³-hybridized carbons (Fsp3) is 0.385. The molecule has 1 atom stereocenters. The molecule has 0 radical (unpaired) electrons. The standard InChI is InChI=1S/C13H19NO2.ClH/c1-5-6-10(14)13-11(15-3)7-9(2)8-12(13)16-4;/h5,7-8,10H,1,6,14H2,2-4H3;1H/t10-;/m0./s1. The molecule has 17 heavy (non-hydrogen) atoms. The van der Waals surface area contributed by atoms with Crippen molar-refractivity contribution in [3.8, 4) is 11.5 Å². The zero-order chi connectivity index (χ0) is 12.1.